The van der Waals surface area contributed by atoms with Crippen molar-refractivity contribution in [3.63, 3.8) is 0 Å². The van der Waals surface area contributed by atoms with Gasteiger partial charge in [-0.05, 0) is 0 Å². The average Bonchev–Trinajstić information content (AvgIpc) is 2.27. The predicted octanol–water partition coefficient (Wildman–Crippen LogP) is -0.0250. The van der Waals surface area contributed by atoms with Crippen LogP contribution in [0.4, 0.5) is 0 Å². The van der Waals surface area contributed by atoms with Gasteiger partial charge in [0.15, 0.2) is 0 Å². The Kier molecular flexibility index (Phi) is 4.89. The van der Waals surface area contributed by atoms with Gasteiger partial charge in [-0.25, -0.2) is 0 Å². The number of rotatable bonds is 4. The minimum absolute atomic E-state index is 0.126. The molecule has 1 rings (SSSR count). The molecule has 2 nitrogen and oxygen atoms in total. The number of ether oxygens (including phenoxy) is 1. The molecule has 0 saturated carbocycles. The summed E-state index contributed by atoms with van der Waals surface area (Å²) in [4.78, 5) is 2.17. The Morgan fingerprint density at radius 3 is 2.44 bits per heavy atom. The van der Waals surface area contributed by atoms with Gasteiger partial charge in [0.1, 0.15) is 0 Å². The fraction of sp³-hybridized carbons (Fsp3) is 0.538. The Balaban J connectivity index is 3.47. The van der Waals surface area contributed by atoms with Crippen LogP contribution in [-0.2, 0) is 6.42 Å². The number of hydrogen-bond donors (Lipinski definition) is 1. The molecule has 92 valence electrons. The van der Waals surface area contributed by atoms with Gasteiger partial charge in [0.2, 0.25) is 0 Å². The van der Waals surface area contributed by atoms with E-state index < -0.39 is 0 Å². The van der Waals surface area contributed by atoms with Crippen LogP contribution in [0.15, 0.2) is 6.07 Å². The summed E-state index contributed by atoms with van der Waals surface area (Å²) in [6, 6.07) is 2.20. The molecule has 0 aromatic heterocycles. The van der Waals surface area contributed by atoms with E-state index in [0.717, 1.165) is 15.6 Å². The summed E-state index contributed by atoms with van der Waals surface area (Å²) in [5, 5.41) is 10.2. The van der Waals surface area contributed by atoms with Crippen LogP contribution >= 0.6 is 0 Å². The minimum atomic E-state index is -0.126. The van der Waals surface area contributed by atoms with E-state index in [1.54, 1.807) is 7.11 Å². The number of aryl methyl sites for hydroxylation is 1. The fourth-order valence-corrected chi connectivity index (χ4v) is 3.80. The SMILES string of the molecule is CCc1cc(C(C)C)c(OC)c(O)c1[I-]C. The van der Waals surface area contributed by atoms with E-state index in [1.165, 1.54) is 5.56 Å². The molecule has 0 amide bonds. The normalized spacial score (nSPS) is 11.1. The van der Waals surface area contributed by atoms with Crippen molar-refractivity contribution in [2.24, 2.45) is 0 Å². The monoisotopic (exact) mass is 335 g/mol. The van der Waals surface area contributed by atoms with Crippen LogP contribution in [0.25, 0.3) is 0 Å². The molecule has 0 heterocycles. The zero-order chi connectivity index (χ0) is 12.3. The zero-order valence-corrected chi connectivity index (χ0v) is 12.8. The van der Waals surface area contributed by atoms with Gasteiger partial charge < -0.3 is 0 Å². The van der Waals surface area contributed by atoms with E-state index in [1.807, 2.05) is 0 Å². The molecule has 0 saturated heterocycles. The average molecular weight is 335 g/mol. The molecule has 0 spiro atoms. The quantitative estimate of drug-likeness (QED) is 0.619. The molecular weight excluding hydrogens is 315 g/mol. The van der Waals surface area contributed by atoms with E-state index >= 15 is 0 Å². The summed E-state index contributed by atoms with van der Waals surface area (Å²) < 4.78 is 6.47. The summed E-state index contributed by atoms with van der Waals surface area (Å²) in [5.41, 5.74) is 2.38. The van der Waals surface area contributed by atoms with Crippen LogP contribution in [0.1, 0.15) is 37.8 Å². The molecule has 0 unspecified atom stereocenters. The summed E-state index contributed by atoms with van der Waals surface area (Å²) in [6.45, 7) is 6.38. The molecule has 1 N–H and O–H groups in total. The third-order valence-corrected chi connectivity index (χ3v) is 4.98. The van der Waals surface area contributed by atoms with Gasteiger partial charge in [0.25, 0.3) is 0 Å². The van der Waals surface area contributed by atoms with Crippen LogP contribution in [0, 0.1) is 3.57 Å². The third kappa shape index (κ3) is 2.44. The Bertz CT molecular complexity index is 373. The van der Waals surface area contributed by atoms with E-state index in [2.05, 4.69) is 31.8 Å². The van der Waals surface area contributed by atoms with Crippen molar-refractivity contribution in [3.8, 4) is 11.5 Å². The molecule has 0 atom stereocenters. The first-order valence-corrected chi connectivity index (χ1v) is 8.72. The van der Waals surface area contributed by atoms with Gasteiger partial charge in [-0.3, -0.25) is 0 Å². The molecule has 1 aromatic carbocycles. The molecule has 3 heteroatoms. The summed E-state index contributed by atoms with van der Waals surface area (Å²) in [7, 11) is 1.63. The fourth-order valence-electron chi connectivity index (χ4n) is 1.82. The van der Waals surface area contributed by atoms with Crippen molar-refractivity contribution in [3.05, 3.63) is 20.8 Å². The standard InChI is InChI=1S/C13H20IO2/c1-6-9-7-10(8(2)3)13(16-5)12(15)11(9)14-4/h7-8,15H,6H2,1-5H3/q-1. The summed E-state index contributed by atoms with van der Waals surface area (Å²) in [5.74, 6) is 1.42. The van der Waals surface area contributed by atoms with Crippen LogP contribution in [0.2, 0.25) is 0 Å². The van der Waals surface area contributed by atoms with Gasteiger partial charge in [-0.1, -0.05) is 0 Å². The topological polar surface area (TPSA) is 29.5 Å². The molecule has 1 aromatic rings. The van der Waals surface area contributed by atoms with Crippen LogP contribution in [0.5, 0.6) is 11.5 Å². The molecule has 16 heavy (non-hydrogen) atoms. The van der Waals surface area contributed by atoms with E-state index in [4.69, 9.17) is 4.74 Å². The van der Waals surface area contributed by atoms with E-state index in [0.29, 0.717) is 17.4 Å². The Hall–Kier alpha value is -0.450. The molecule has 0 aliphatic heterocycles. The number of hydrogen-bond acceptors (Lipinski definition) is 2. The first kappa shape index (κ1) is 13.6. The molecule has 0 fully saturated rings. The Morgan fingerprint density at radius 2 is 2.06 bits per heavy atom. The maximum atomic E-state index is 10.2. The number of aromatic hydroxyl groups is 1. The number of alkyl halides is 1. The second-order valence-electron chi connectivity index (χ2n) is 4.02. The Morgan fingerprint density at radius 1 is 1.44 bits per heavy atom. The molecule has 0 radical (unpaired) electrons. The van der Waals surface area contributed by atoms with Gasteiger partial charge in [0.05, 0.1) is 0 Å². The van der Waals surface area contributed by atoms with Gasteiger partial charge in [-0.15, -0.1) is 0 Å². The maximum absolute atomic E-state index is 10.2. The number of phenolic OH excluding ortho intramolecular Hbond substituents is 1. The number of phenols is 1. The van der Waals surface area contributed by atoms with Crippen molar-refractivity contribution < 1.29 is 31.0 Å². The van der Waals surface area contributed by atoms with Gasteiger partial charge >= 0.3 is 108 Å². The molecule has 0 bridgehead atoms. The first-order valence-electron chi connectivity index (χ1n) is 5.48. The van der Waals surface area contributed by atoms with Crippen molar-refractivity contribution >= 4 is 0 Å². The van der Waals surface area contributed by atoms with Gasteiger partial charge in [-0.2, -0.15) is 0 Å². The van der Waals surface area contributed by atoms with Crippen LogP contribution in [-0.4, -0.2) is 17.1 Å². The molecule has 0 aliphatic carbocycles. The van der Waals surface area contributed by atoms with Gasteiger partial charge in [0, 0.05) is 0 Å². The van der Waals surface area contributed by atoms with E-state index in [9.17, 15) is 5.11 Å². The number of halogens is 1. The Labute approximate surface area is 108 Å². The first-order chi connectivity index (χ1) is 7.56. The van der Waals surface area contributed by atoms with Crippen molar-refractivity contribution in [1.82, 2.24) is 0 Å². The predicted molar refractivity (Wildman–Crippen MR) is 62.7 cm³/mol. The number of methoxy groups -OCH3 is 1. The van der Waals surface area contributed by atoms with Crippen LogP contribution in [0.3, 0.4) is 0 Å². The second-order valence-corrected chi connectivity index (χ2v) is 6.18. The summed E-state index contributed by atoms with van der Waals surface area (Å²) in [6.07, 6.45) is 0.972. The zero-order valence-electron chi connectivity index (χ0n) is 10.6. The van der Waals surface area contributed by atoms with Crippen LogP contribution < -0.4 is 25.9 Å². The third-order valence-electron chi connectivity index (χ3n) is 2.69. The van der Waals surface area contributed by atoms with Crippen molar-refractivity contribution in [1.29, 1.82) is 0 Å². The number of benzene rings is 1. The second kappa shape index (κ2) is 5.75. The molecule has 0 aliphatic rings. The summed E-state index contributed by atoms with van der Waals surface area (Å²) >= 11 is -0.126. The van der Waals surface area contributed by atoms with Crippen molar-refractivity contribution in [2.45, 2.75) is 33.1 Å². The van der Waals surface area contributed by atoms with Crippen molar-refractivity contribution in [2.75, 3.05) is 12.0 Å². The van der Waals surface area contributed by atoms with E-state index in [-0.39, 0.29) is 21.2 Å². The molecular formula is C13H20IO2-.